The lowest BCUT2D eigenvalue weighted by molar-refractivity contribution is -0.137. The molecular weight excluding hydrogens is 501 g/mol. The van der Waals surface area contributed by atoms with Crippen LogP contribution in [-0.2, 0) is 18.5 Å². The van der Waals surface area contributed by atoms with E-state index in [0.29, 0.717) is 28.0 Å². The van der Waals surface area contributed by atoms with Crippen LogP contribution in [0, 0.1) is 13.8 Å². The van der Waals surface area contributed by atoms with Crippen molar-refractivity contribution < 1.29 is 22.7 Å². The second-order valence-electron chi connectivity index (χ2n) is 8.35. The molecule has 0 saturated heterocycles. The van der Waals surface area contributed by atoms with Gasteiger partial charge in [0.15, 0.2) is 11.0 Å². The van der Waals surface area contributed by atoms with Gasteiger partial charge in [-0.3, -0.25) is 9.36 Å². The number of thioether (sulfide) groups is 1. The minimum Gasteiger partial charge on any atom is -0.497 e. The number of halogens is 3. The third-order valence-corrected chi connectivity index (χ3v) is 6.93. The highest BCUT2D eigenvalue weighted by Gasteiger charge is 2.30. The summed E-state index contributed by atoms with van der Waals surface area (Å²) in [5.41, 5.74) is 3.50. The average molecular weight is 527 g/mol. The van der Waals surface area contributed by atoms with Gasteiger partial charge in [0.2, 0.25) is 0 Å². The Morgan fingerprint density at radius 2 is 1.70 bits per heavy atom. The summed E-state index contributed by atoms with van der Waals surface area (Å²) in [5, 5.41) is 12.1. The Balaban J connectivity index is 1.57. The van der Waals surface area contributed by atoms with E-state index in [1.807, 2.05) is 36.6 Å². The fourth-order valence-corrected chi connectivity index (χ4v) is 4.59. The molecule has 37 heavy (non-hydrogen) atoms. The highest BCUT2D eigenvalue weighted by molar-refractivity contribution is 7.98. The Morgan fingerprint density at radius 1 is 1.00 bits per heavy atom. The number of aromatic nitrogens is 3. The molecule has 0 aliphatic heterocycles. The number of hydrogen-bond acceptors (Lipinski definition) is 5. The van der Waals surface area contributed by atoms with Gasteiger partial charge in [0.05, 0.1) is 24.9 Å². The summed E-state index contributed by atoms with van der Waals surface area (Å²) in [7, 11) is 1.56. The van der Waals surface area contributed by atoms with Crippen LogP contribution in [-0.4, -0.2) is 27.8 Å². The number of aryl methyl sites for hydroxylation is 1. The number of ether oxygens (including phenoxy) is 1. The second kappa shape index (κ2) is 11.1. The molecule has 10 heteroatoms. The van der Waals surface area contributed by atoms with Crippen molar-refractivity contribution in [1.29, 1.82) is 0 Å². The van der Waals surface area contributed by atoms with E-state index in [1.165, 1.54) is 23.9 Å². The number of benzene rings is 3. The van der Waals surface area contributed by atoms with Crippen molar-refractivity contribution in [2.24, 2.45) is 0 Å². The quantitative estimate of drug-likeness (QED) is 0.280. The van der Waals surface area contributed by atoms with Crippen LogP contribution in [0.5, 0.6) is 5.75 Å². The predicted octanol–water partition coefficient (Wildman–Crippen LogP) is 6.13. The zero-order valence-corrected chi connectivity index (χ0v) is 21.3. The Bertz CT molecular complexity index is 1380. The minimum atomic E-state index is -4.38. The van der Waals surface area contributed by atoms with Gasteiger partial charge in [0.25, 0.3) is 5.91 Å². The van der Waals surface area contributed by atoms with Gasteiger partial charge in [-0.15, -0.1) is 10.2 Å². The summed E-state index contributed by atoms with van der Waals surface area (Å²) in [6.07, 6.45) is -4.38. The molecule has 0 aliphatic rings. The number of rotatable bonds is 8. The number of nitrogens with one attached hydrogen (secondary N) is 1. The third-order valence-electron chi connectivity index (χ3n) is 5.93. The van der Waals surface area contributed by atoms with Gasteiger partial charge in [-0.05, 0) is 73.0 Å². The van der Waals surface area contributed by atoms with E-state index < -0.39 is 11.7 Å². The fraction of sp³-hybridized carbons (Fsp3) is 0.222. The van der Waals surface area contributed by atoms with Crippen molar-refractivity contribution in [2.75, 3.05) is 7.11 Å². The molecule has 4 rings (SSSR count). The highest BCUT2D eigenvalue weighted by atomic mass is 32.2. The van der Waals surface area contributed by atoms with E-state index in [-0.39, 0.29) is 12.5 Å². The molecule has 1 aromatic heterocycles. The van der Waals surface area contributed by atoms with Crippen LogP contribution in [0.2, 0.25) is 0 Å². The van der Waals surface area contributed by atoms with Gasteiger partial charge in [0, 0.05) is 11.3 Å². The van der Waals surface area contributed by atoms with Gasteiger partial charge in [-0.25, -0.2) is 0 Å². The van der Waals surface area contributed by atoms with Crippen molar-refractivity contribution in [2.45, 2.75) is 37.5 Å². The molecule has 3 aromatic carbocycles. The molecule has 1 N–H and O–H groups in total. The topological polar surface area (TPSA) is 69.0 Å². The number of amides is 1. The van der Waals surface area contributed by atoms with Crippen LogP contribution in [0.1, 0.15) is 38.4 Å². The first kappa shape index (κ1) is 26.3. The molecule has 6 nitrogen and oxygen atoms in total. The number of carbonyl (C=O) groups is 1. The number of carbonyl (C=O) groups excluding carboxylic acids is 1. The molecular formula is C27H25F3N4O2S. The van der Waals surface area contributed by atoms with Crippen LogP contribution in [0.3, 0.4) is 0 Å². The maximum Gasteiger partial charge on any atom is 0.416 e. The monoisotopic (exact) mass is 526 g/mol. The lowest BCUT2D eigenvalue weighted by atomic mass is 10.1. The summed E-state index contributed by atoms with van der Waals surface area (Å²) >= 11 is 1.36. The summed E-state index contributed by atoms with van der Waals surface area (Å²) in [4.78, 5) is 12.7. The maximum atomic E-state index is 12.9. The van der Waals surface area contributed by atoms with Crippen molar-refractivity contribution in [3.63, 3.8) is 0 Å². The van der Waals surface area contributed by atoms with Crippen molar-refractivity contribution in [3.8, 4) is 11.4 Å². The number of alkyl halides is 3. The molecule has 0 aliphatic carbocycles. The molecule has 0 unspecified atom stereocenters. The first-order chi connectivity index (χ1) is 17.7. The maximum absolute atomic E-state index is 12.9. The lowest BCUT2D eigenvalue weighted by Gasteiger charge is -2.15. The van der Waals surface area contributed by atoms with Crippen LogP contribution in [0.15, 0.2) is 71.9 Å². The van der Waals surface area contributed by atoms with Crippen LogP contribution in [0.25, 0.3) is 5.69 Å². The summed E-state index contributed by atoms with van der Waals surface area (Å²) in [6.45, 7) is 4.13. The first-order valence-corrected chi connectivity index (χ1v) is 12.4. The predicted molar refractivity (Wildman–Crippen MR) is 136 cm³/mol. The van der Waals surface area contributed by atoms with Crippen molar-refractivity contribution in [3.05, 3.63) is 100 Å². The van der Waals surface area contributed by atoms with Crippen molar-refractivity contribution >= 4 is 17.7 Å². The molecule has 0 bridgehead atoms. The molecule has 4 aromatic rings. The number of nitrogens with zero attached hydrogens (tertiary/aromatic N) is 3. The first-order valence-electron chi connectivity index (χ1n) is 11.4. The molecule has 0 saturated carbocycles. The molecule has 192 valence electrons. The number of methoxy groups -OCH3 is 1. The summed E-state index contributed by atoms with van der Waals surface area (Å²) < 4.78 is 45.7. The van der Waals surface area contributed by atoms with Crippen molar-refractivity contribution in [1.82, 2.24) is 20.1 Å². The molecule has 0 spiro atoms. The van der Waals surface area contributed by atoms with Crippen LogP contribution < -0.4 is 10.1 Å². The van der Waals surface area contributed by atoms with E-state index >= 15 is 0 Å². The summed E-state index contributed by atoms with van der Waals surface area (Å²) in [5.74, 6) is 1.32. The van der Waals surface area contributed by atoms with E-state index in [4.69, 9.17) is 4.74 Å². The molecule has 1 amide bonds. The van der Waals surface area contributed by atoms with Gasteiger partial charge < -0.3 is 10.1 Å². The van der Waals surface area contributed by atoms with E-state index in [0.717, 1.165) is 34.5 Å². The Morgan fingerprint density at radius 3 is 2.35 bits per heavy atom. The third kappa shape index (κ3) is 6.14. The Kier molecular flexibility index (Phi) is 7.87. The van der Waals surface area contributed by atoms with E-state index in [9.17, 15) is 18.0 Å². The molecule has 0 radical (unpaired) electrons. The fourth-order valence-electron chi connectivity index (χ4n) is 3.67. The smallest absolute Gasteiger partial charge is 0.416 e. The summed E-state index contributed by atoms with van der Waals surface area (Å²) in [6, 6.07) is 17.7. The normalized spacial score (nSPS) is 11.4. The highest BCUT2D eigenvalue weighted by Crippen LogP contribution is 2.31. The van der Waals surface area contributed by atoms with Gasteiger partial charge >= 0.3 is 6.18 Å². The van der Waals surface area contributed by atoms with E-state index in [1.54, 1.807) is 31.4 Å². The number of hydrogen-bond donors (Lipinski definition) is 1. The SMILES string of the molecule is COc1ccc(C(=O)NCc2nnc(SCc3ccc(C(F)(F)F)cc3)n2-c2cccc(C)c2C)cc1. The van der Waals surface area contributed by atoms with Gasteiger partial charge in [-0.2, -0.15) is 13.2 Å². The minimum absolute atomic E-state index is 0.131. The Hall–Kier alpha value is -3.79. The van der Waals surface area contributed by atoms with Gasteiger partial charge in [0.1, 0.15) is 5.75 Å². The standard InChI is InChI=1S/C27H25F3N4O2S/c1-17-5-4-6-23(18(17)2)34-24(15-31-25(35)20-9-13-22(36-3)14-10-20)32-33-26(34)37-16-19-7-11-21(12-8-19)27(28,29)30/h4-14H,15-16H2,1-3H3,(H,31,35). The van der Waals surface area contributed by atoms with E-state index in [2.05, 4.69) is 15.5 Å². The van der Waals surface area contributed by atoms with Gasteiger partial charge in [-0.1, -0.05) is 36.0 Å². The van der Waals surface area contributed by atoms with Crippen LogP contribution >= 0.6 is 11.8 Å². The second-order valence-corrected chi connectivity index (χ2v) is 9.29. The largest absolute Gasteiger partial charge is 0.497 e. The Labute approximate surface area is 216 Å². The zero-order chi connectivity index (χ0) is 26.6. The molecule has 1 heterocycles. The average Bonchev–Trinajstić information content (AvgIpc) is 3.30. The molecule has 0 atom stereocenters. The zero-order valence-electron chi connectivity index (χ0n) is 20.5. The lowest BCUT2D eigenvalue weighted by Crippen LogP contribution is -2.24. The molecule has 0 fully saturated rings. The van der Waals surface area contributed by atoms with Crippen LogP contribution in [0.4, 0.5) is 13.2 Å².